The Morgan fingerprint density at radius 2 is 1.14 bits per heavy atom. The van der Waals surface area contributed by atoms with Gasteiger partial charge in [0.1, 0.15) is 11.2 Å². The molecular weight excluding hydrogens is 717 g/mol. The molecule has 57 heavy (non-hydrogen) atoms. The first-order valence-corrected chi connectivity index (χ1v) is 19.3. The van der Waals surface area contributed by atoms with Crippen molar-refractivity contribution < 1.29 is 12.6 Å². The van der Waals surface area contributed by atoms with E-state index in [0.717, 1.165) is 54.1 Å². The largest absolute Gasteiger partial charge is 0.455 e. The molecule has 0 saturated carbocycles. The predicted octanol–water partition coefficient (Wildman–Crippen LogP) is 13.9. The molecule has 4 aromatic heterocycles. The van der Waals surface area contributed by atoms with Crippen LogP contribution in [0.15, 0.2) is 186 Å². The Hall–Kier alpha value is -7.41. The number of fused-ring (bicyclic) bond motifs is 9. The zero-order valence-corrected chi connectivity index (χ0v) is 30.8. The topological polar surface area (TPSA) is 56.7 Å². The van der Waals surface area contributed by atoms with Crippen LogP contribution in [0.2, 0.25) is 0 Å². The van der Waals surface area contributed by atoms with Gasteiger partial charge in [0.25, 0.3) is 0 Å². The van der Waals surface area contributed by atoms with Crippen molar-refractivity contribution in [3.63, 3.8) is 0 Å². The fourth-order valence-corrected chi connectivity index (χ4v) is 9.17. The summed E-state index contributed by atoms with van der Waals surface area (Å²) in [5.74, 6) is 1.59. The van der Waals surface area contributed by atoms with Crippen LogP contribution in [-0.4, -0.2) is 19.5 Å². The second kappa shape index (κ2) is 12.6. The zero-order chi connectivity index (χ0) is 42.7. The second-order valence-electron chi connectivity index (χ2n) is 13.9. The molecule has 0 aliphatic heterocycles. The maximum absolute atomic E-state index is 9.08. The SMILES string of the molecule is [2H]c1cc([2H])c2c(c1[2H])c1c([2H])c([2H])cc([2H])c1n2-c1cc(-c2ccccc2)c2oc3cc(-c4nc(-c5ccccc5)nc(-c5cccc6sc7ccccc7c56)n4)ccc3c2c1. The van der Waals surface area contributed by atoms with Crippen molar-refractivity contribution in [3.05, 3.63) is 182 Å². The standard InChI is InChI=1S/C51H30N4OS/c1-3-14-31(15-4-1)40-29-34(55-42-22-10-7-18-35(42)36-19-8-11-23-43(36)55)30-41-37-27-26-33(28-44(37)56-48(40)41)50-52-49(32-16-5-2-6-17-32)53-51(54-50)39-21-13-25-46-47(39)38-20-9-12-24-45(38)57-46/h1-30H/i7D,8D,18D,19D,22D,23D. The van der Waals surface area contributed by atoms with Gasteiger partial charge in [-0.1, -0.05) is 133 Å². The van der Waals surface area contributed by atoms with Gasteiger partial charge in [0.15, 0.2) is 17.5 Å². The first kappa shape index (κ1) is 26.4. The molecule has 12 aromatic rings. The molecule has 6 heteroatoms. The maximum Gasteiger partial charge on any atom is 0.164 e. The van der Waals surface area contributed by atoms with Crippen LogP contribution in [0.25, 0.3) is 115 Å². The number of benzene rings is 8. The number of para-hydroxylation sites is 2. The molecule has 0 spiro atoms. The molecule has 0 atom stereocenters. The smallest absolute Gasteiger partial charge is 0.164 e. The average Bonchev–Trinajstić information content (AvgIpc) is 4.01. The molecule has 266 valence electrons. The van der Waals surface area contributed by atoms with Gasteiger partial charge in [0, 0.05) is 69.7 Å². The van der Waals surface area contributed by atoms with Gasteiger partial charge in [-0.05, 0) is 54.0 Å². The lowest BCUT2D eigenvalue weighted by molar-refractivity contribution is 0.670. The molecule has 4 heterocycles. The van der Waals surface area contributed by atoms with Crippen LogP contribution < -0.4 is 0 Å². The first-order valence-electron chi connectivity index (χ1n) is 21.5. The number of hydrogen-bond acceptors (Lipinski definition) is 5. The van der Waals surface area contributed by atoms with Crippen molar-refractivity contribution in [2.75, 3.05) is 0 Å². The minimum absolute atomic E-state index is 0.0226. The summed E-state index contributed by atoms with van der Waals surface area (Å²) in [7, 11) is 0. The second-order valence-corrected chi connectivity index (χ2v) is 15.0. The molecule has 0 bridgehead atoms. The molecular formula is C51H30N4OS. The van der Waals surface area contributed by atoms with Crippen LogP contribution in [0.3, 0.4) is 0 Å². The first-order chi connectivity index (χ1) is 30.7. The highest BCUT2D eigenvalue weighted by molar-refractivity contribution is 7.25. The van der Waals surface area contributed by atoms with Crippen molar-refractivity contribution in [1.29, 1.82) is 0 Å². The van der Waals surface area contributed by atoms with Crippen LogP contribution in [0, 0.1) is 0 Å². The highest BCUT2D eigenvalue weighted by Crippen LogP contribution is 2.43. The summed E-state index contributed by atoms with van der Waals surface area (Å²) in [4.78, 5) is 15.3. The molecule has 0 saturated heterocycles. The van der Waals surface area contributed by atoms with Gasteiger partial charge in [-0.2, -0.15) is 0 Å². The molecule has 0 unspecified atom stereocenters. The van der Waals surface area contributed by atoms with E-state index in [4.69, 9.17) is 27.6 Å². The third kappa shape index (κ3) is 5.04. The molecule has 5 nitrogen and oxygen atoms in total. The fraction of sp³-hybridized carbons (Fsp3) is 0. The Balaban J connectivity index is 1.11. The van der Waals surface area contributed by atoms with Gasteiger partial charge in [-0.15, -0.1) is 11.3 Å². The van der Waals surface area contributed by atoms with Crippen molar-refractivity contribution in [3.8, 4) is 51.0 Å². The Bertz CT molecular complexity index is 3810. The summed E-state index contributed by atoms with van der Waals surface area (Å²) in [6.07, 6.45) is 0. The van der Waals surface area contributed by atoms with E-state index in [1.165, 1.54) is 16.8 Å². The van der Waals surface area contributed by atoms with Crippen LogP contribution >= 0.6 is 11.3 Å². The lowest BCUT2D eigenvalue weighted by atomic mass is 10.0. The van der Waals surface area contributed by atoms with E-state index in [9.17, 15) is 0 Å². The van der Waals surface area contributed by atoms with Crippen LogP contribution in [0.5, 0.6) is 0 Å². The van der Waals surface area contributed by atoms with Gasteiger partial charge < -0.3 is 8.98 Å². The number of nitrogens with zero attached hydrogens (tertiary/aromatic N) is 4. The molecule has 0 amide bonds. The fourth-order valence-electron chi connectivity index (χ4n) is 8.04. The zero-order valence-electron chi connectivity index (χ0n) is 36.0. The molecule has 0 aliphatic rings. The minimum atomic E-state index is -0.164. The van der Waals surface area contributed by atoms with Gasteiger partial charge in [-0.25, -0.2) is 15.0 Å². The van der Waals surface area contributed by atoms with Crippen LogP contribution in [-0.2, 0) is 0 Å². The number of rotatable bonds is 5. The molecule has 0 fully saturated rings. The number of hydrogen-bond donors (Lipinski definition) is 0. The van der Waals surface area contributed by atoms with Gasteiger partial charge >= 0.3 is 0 Å². The highest BCUT2D eigenvalue weighted by Gasteiger charge is 2.21. The number of aromatic nitrogens is 4. The summed E-state index contributed by atoms with van der Waals surface area (Å²) < 4.78 is 63.9. The van der Waals surface area contributed by atoms with E-state index < -0.39 is 0 Å². The van der Waals surface area contributed by atoms with Gasteiger partial charge in [0.2, 0.25) is 0 Å². The molecule has 0 aliphatic carbocycles. The third-order valence-corrected chi connectivity index (χ3v) is 11.7. The molecule has 0 radical (unpaired) electrons. The maximum atomic E-state index is 9.08. The summed E-state index contributed by atoms with van der Waals surface area (Å²) in [6, 6.07) is 46.1. The van der Waals surface area contributed by atoms with Crippen LogP contribution in [0.4, 0.5) is 0 Å². The summed E-state index contributed by atoms with van der Waals surface area (Å²) in [5, 5.41) is 4.23. The third-order valence-electron chi connectivity index (χ3n) is 10.6. The number of furan rings is 1. The monoisotopic (exact) mass is 752 g/mol. The van der Waals surface area contributed by atoms with E-state index in [2.05, 4.69) is 36.4 Å². The van der Waals surface area contributed by atoms with E-state index in [1.807, 2.05) is 97.1 Å². The summed E-state index contributed by atoms with van der Waals surface area (Å²) >= 11 is 1.74. The van der Waals surface area contributed by atoms with Gasteiger partial charge in [0.05, 0.1) is 19.3 Å². The molecule has 12 rings (SSSR count). The molecule has 8 aromatic carbocycles. The van der Waals surface area contributed by atoms with Crippen molar-refractivity contribution >= 4 is 75.3 Å². The normalized spacial score (nSPS) is 13.3. The molecule has 0 N–H and O–H groups in total. The highest BCUT2D eigenvalue weighted by atomic mass is 32.1. The van der Waals surface area contributed by atoms with Crippen molar-refractivity contribution in [2.24, 2.45) is 0 Å². The average molecular weight is 753 g/mol. The summed E-state index contributed by atoms with van der Waals surface area (Å²) in [5.41, 5.74) is 6.51. The quantitative estimate of drug-likeness (QED) is 0.176. The minimum Gasteiger partial charge on any atom is -0.455 e. The number of thiophene rings is 1. The predicted molar refractivity (Wildman–Crippen MR) is 236 cm³/mol. The summed E-state index contributed by atoms with van der Waals surface area (Å²) in [6.45, 7) is 0. The van der Waals surface area contributed by atoms with Gasteiger partial charge in [-0.3, -0.25) is 0 Å². The van der Waals surface area contributed by atoms with E-state index in [0.29, 0.717) is 34.3 Å². The Kier molecular flexibility index (Phi) is 5.82. The Morgan fingerprint density at radius 3 is 1.91 bits per heavy atom. The van der Waals surface area contributed by atoms with Crippen molar-refractivity contribution in [1.82, 2.24) is 19.5 Å². The van der Waals surface area contributed by atoms with Crippen LogP contribution in [0.1, 0.15) is 8.22 Å². The Morgan fingerprint density at radius 1 is 0.474 bits per heavy atom. The van der Waals surface area contributed by atoms with E-state index >= 15 is 0 Å². The Labute approximate surface area is 339 Å². The lowest BCUT2D eigenvalue weighted by Crippen LogP contribution is -2.00. The lowest BCUT2D eigenvalue weighted by Gasteiger charge is -2.11. The van der Waals surface area contributed by atoms with E-state index in [1.54, 1.807) is 15.9 Å². The van der Waals surface area contributed by atoms with E-state index in [-0.39, 0.29) is 58.1 Å². The van der Waals surface area contributed by atoms with Crippen molar-refractivity contribution in [2.45, 2.75) is 0 Å².